The molecule has 0 radical (unpaired) electrons. The van der Waals surface area contributed by atoms with E-state index in [-0.39, 0.29) is 11.9 Å². The van der Waals surface area contributed by atoms with Crippen LogP contribution in [-0.4, -0.2) is 48.2 Å². The van der Waals surface area contributed by atoms with Gasteiger partial charge in [-0.25, -0.2) is 0 Å². The first kappa shape index (κ1) is 19.8. The second kappa shape index (κ2) is 8.06. The highest BCUT2D eigenvalue weighted by Gasteiger charge is 2.38. The Morgan fingerprint density at radius 3 is 2.72 bits per heavy atom. The fraction of sp³-hybridized carbons (Fsp3) is 0.545. The maximum atomic E-state index is 12.8. The van der Waals surface area contributed by atoms with Crippen LogP contribution >= 0.6 is 0 Å². The maximum Gasteiger partial charge on any atom is 0.251 e. The highest BCUT2D eigenvalue weighted by Crippen LogP contribution is 2.32. The number of amides is 1. The number of aryl methyl sites for hydroxylation is 2. The first-order valence-electron chi connectivity index (χ1n) is 10.2. The molecule has 2 heterocycles. The molecule has 1 saturated heterocycles. The highest BCUT2D eigenvalue weighted by atomic mass is 16.5. The Bertz CT molecular complexity index is 871. The molecule has 1 N–H and O–H groups in total. The zero-order chi connectivity index (χ0) is 20.5. The van der Waals surface area contributed by atoms with Gasteiger partial charge in [-0.05, 0) is 50.8 Å². The molecule has 1 saturated carbocycles. The molecule has 1 aliphatic carbocycles. The van der Waals surface area contributed by atoms with Gasteiger partial charge >= 0.3 is 0 Å². The van der Waals surface area contributed by atoms with E-state index in [4.69, 9.17) is 14.0 Å². The van der Waals surface area contributed by atoms with Crippen LogP contribution in [0.3, 0.4) is 0 Å². The summed E-state index contributed by atoms with van der Waals surface area (Å²) < 4.78 is 16.5. The Morgan fingerprint density at radius 2 is 2.07 bits per heavy atom. The molecule has 2 atom stereocenters. The van der Waals surface area contributed by atoms with Crippen molar-refractivity contribution in [3.8, 4) is 11.5 Å². The molecule has 1 aliphatic heterocycles. The van der Waals surface area contributed by atoms with Crippen molar-refractivity contribution in [3.05, 3.63) is 40.8 Å². The topological polar surface area (TPSA) is 76.8 Å². The van der Waals surface area contributed by atoms with Crippen molar-refractivity contribution in [2.45, 2.75) is 52.3 Å². The SMILES string of the molecule is COc1cc(C(=O)N[C@H]2CN(C3CC3)C[C@H]2C)ccc1OCc1c(C)noc1C. The number of hydrogen-bond donors (Lipinski definition) is 1. The van der Waals surface area contributed by atoms with Gasteiger partial charge in [0.1, 0.15) is 12.4 Å². The van der Waals surface area contributed by atoms with Crippen molar-refractivity contribution < 1.29 is 18.8 Å². The van der Waals surface area contributed by atoms with E-state index in [0.717, 1.165) is 36.1 Å². The molecule has 0 unspecified atom stereocenters. The number of ether oxygens (including phenoxy) is 2. The van der Waals surface area contributed by atoms with E-state index >= 15 is 0 Å². The Morgan fingerprint density at radius 1 is 1.28 bits per heavy atom. The number of nitrogens with zero attached hydrogens (tertiary/aromatic N) is 2. The smallest absolute Gasteiger partial charge is 0.251 e. The van der Waals surface area contributed by atoms with Crippen molar-refractivity contribution >= 4 is 5.91 Å². The predicted molar refractivity (Wildman–Crippen MR) is 108 cm³/mol. The number of carbonyl (C=O) groups excluding carboxylic acids is 1. The predicted octanol–water partition coefficient (Wildman–Crippen LogP) is 3.09. The average Bonchev–Trinajstić information content (AvgIpc) is 3.43. The number of nitrogens with one attached hydrogen (secondary N) is 1. The van der Waals surface area contributed by atoms with Gasteiger partial charge in [-0.15, -0.1) is 0 Å². The quantitative estimate of drug-likeness (QED) is 0.771. The Kier molecular flexibility index (Phi) is 5.50. The monoisotopic (exact) mass is 399 g/mol. The summed E-state index contributed by atoms with van der Waals surface area (Å²) in [5.74, 6) is 2.24. The van der Waals surface area contributed by atoms with Gasteiger partial charge in [0.25, 0.3) is 5.91 Å². The summed E-state index contributed by atoms with van der Waals surface area (Å²) >= 11 is 0. The van der Waals surface area contributed by atoms with Gasteiger partial charge in [0, 0.05) is 30.7 Å². The molecule has 29 heavy (non-hydrogen) atoms. The second-order valence-electron chi connectivity index (χ2n) is 8.20. The molecule has 7 heteroatoms. The van der Waals surface area contributed by atoms with Crippen molar-refractivity contribution in [1.29, 1.82) is 0 Å². The summed E-state index contributed by atoms with van der Waals surface area (Å²) in [6.07, 6.45) is 2.58. The lowest BCUT2D eigenvalue weighted by atomic mass is 10.1. The van der Waals surface area contributed by atoms with Gasteiger partial charge in [0.2, 0.25) is 0 Å². The van der Waals surface area contributed by atoms with Crippen molar-refractivity contribution in [2.24, 2.45) is 5.92 Å². The van der Waals surface area contributed by atoms with Crippen LogP contribution in [0.25, 0.3) is 0 Å². The number of methoxy groups -OCH3 is 1. The van der Waals surface area contributed by atoms with E-state index in [0.29, 0.717) is 29.6 Å². The van der Waals surface area contributed by atoms with Gasteiger partial charge in [0.15, 0.2) is 11.5 Å². The lowest BCUT2D eigenvalue weighted by Crippen LogP contribution is -2.40. The van der Waals surface area contributed by atoms with E-state index in [1.165, 1.54) is 12.8 Å². The molecular formula is C22H29N3O4. The van der Waals surface area contributed by atoms with Crippen LogP contribution in [0.1, 0.15) is 47.1 Å². The third-order valence-corrected chi connectivity index (χ3v) is 6.00. The summed E-state index contributed by atoms with van der Waals surface area (Å²) in [5.41, 5.74) is 2.30. The van der Waals surface area contributed by atoms with Crippen molar-refractivity contribution in [2.75, 3.05) is 20.2 Å². The lowest BCUT2D eigenvalue weighted by Gasteiger charge is -2.18. The number of likely N-dealkylation sites (tertiary alicyclic amines) is 1. The van der Waals surface area contributed by atoms with Crippen LogP contribution in [0.2, 0.25) is 0 Å². The Hall–Kier alpha value is -2.54. The van der Waals surface area contributed by atoms with E-state index in [1.54, 1.807) is 25.3 Å². The van der Waals surface area contributed by atoms with Gasteiger partial charge in [0.05, 0.1) is 18.4 Å². The molecule has 2 fully saturated rings. The molecule has 156 valence electrons. The fourth-order valence-electron chi connectivity index (χ4n) is 3.97. The van der Waals surface area contributed by atoms with Gasteiger partial charge in [-0.1, -0.05) is 12.1 Å². The number of hydrogen-bond acceptors (Lipinski definition) is 6. The van der Waals surface area contributed by atoms with E-state index < -0.39 is 0 Å². The molecular weight excluding hydrogens is 370 g/mol. The summed E-state index contributed by atoms with van der Waals surface area (Å²) in [6.45, 7) is 8.28. The summed E-state index contributed by atoms with van der Waals surface area (Å²) in [5, 5.41) is 7.14. The van der Waals surface area contributed by atoms with Gasteiger partial charge in [-0.3, -0.25) is 9.69 Å². The number of aromatic nitrogens is 1. The zero-order valence-electron chi connectivity index (χ0n) is 17.5. The maximum absolute atomic E-state index is 12.8. The third-order valence-electron chi connectivity index (χ3n) is 6.00. The molecule has 0 spiro atoms. The molecule has 2 aliphatic rings. The third kappa shape index (κ3) is 4.24. The summed E-state index contributed by atoms with van der Waals surface area (Å²) in [6, 6.07) is 6.20. The molecule has 2 aromatic rings. The lowest BCUT2D eigenvalue weighted by molar-refractivity contribution is 0.0931. The minimum Gasteiger partial charge on any atom is -0.493 e. The number of benzene rings is 1. The van der Waals surface area contributed by atoms with Crippen LogP contribution in [0.4, 0.5) is 0 Å². The largest absolute Gasteiger partial charge is 0.493 e. The standard InChI is InChI=1S/C22H29N3O4/c1-13-10-25(17-6-7-17)11-19(13)23-22(26)16-5-8-20(21(9-16)27-4)28-12-18-14(2)24-29-15(18)3/h5,8-9,13,17,19H,6-7,10-12H2,1-4H3,(H,23,26)/t13-,19+/m1/s1. The fourth-order valence-corrected chi connectivity index (χ4v) is 3.97. The highest BCUT2D eigenvalue weighted by molar-refractivity contribution is 5.95. The molecule has 1 aromatic heterocycles. The van der Waals surface area contributed by atoms with E-state index in [2.05, 4.69) is 22.3 Å². The molecule has 7 nitrogen and oxygen atoms in total. The normalized spacial score (nSPS) is 21.9. The van der Waals surface area contributed by atoms with Crippen LogP contribution in [0.5, 0.6) is 11.5 Å². The number of rotatable bonds is 7. The van der Waals surface area contributed by atoms with Crippen LogP contribution in [0, 0.1) is 19.8 Å². The molecule has 4 rings (SSSR count). The molecule has 1 amide bonds. The Balaban J connectivity index is 1.41. The van der Waals surface area contributed by atoms with E-state index in [1.807, 2.05) is 13.8 Å². The van der Waals surface area contributed by atoms with Crippen molar-refractivity contribution in [1.82, 2.24) is 15.4 Å². The molecule has 0 bridgehead atoms. The van der Waals surface area contributed by atoms with E-state index in [9.17, 15) is 4.79 Å². The summed E-state index contributed by atoms with van der Waals surface area (Å²) in [7, 11) is 1.58. The van der Waals surface area contributed by atoms with Crippen molar-refractivity contribution in [3.63, 3.8) is 0 Å². The van der Waals surface area contributed by atoms with Gasteiger partial charge < -0.3 is 19.3 Å². The molecule has 1 aromatic carbocycles. The van der Waals surface area contributed by atoms with Gasteiger partial charge in [-0.2, -0.15) is 0 Å². The van der Waals surface area contributed by atoms with Crippen LogP contribution < -0.4 is 14.8 Å². The minimum atomic E-state index is -0.0740. The minimum absolute atomic E-state index is 0.0740. The summed E-state index contributed by atoms with van der Waals surface area (Å²) in [4.78, 5) is 15.3. The zero-order valence-corrected chi connectivity index (χ0v) is 17.5. The first-order chi connectivity index (χ1) is 14.0. The second-order valence-corrected chi connectivity index (χ2v) is 8.20. The number of carbonyl (C=O) groups is 1. The average molecular weight is 399 g/mol. The Labute approximate surface area is 171 Å². The van der Waals surface area contributed by atoms with Crippen LogP contribution in [0.15, 0.2) is 22.7 Å². The first-order valence-corrected chi connectivity index (χ1v) is 10.2. The van der Waals surface area contributed by atoms with Crippen LogP contribution in [-0.2, 0) is 6.61 Å².